The Kier molecular flexibility index (Phi) is 4.72. The van der Waals surface area contributed by atoms with Gasteiger partial charge in [-0.25, -0.2) is 9.29 Å². The minimum atomic E-state index is -0.473. The van der Waals surface area contributed by atoms with Gasteiger partial charge in [-0.15, -0.1) is 0 Å². The number of nitrogens with zero attached hydrogens (tertiary/aromatic N) is 1. The van der Waals surface area contributed by atoms with E-state index >= 15 is 0 Å². The molecule has 29 heavy (non-hydrogen) atoms. The molecule has 0 unspecified atom stereocenters. The first-order chi connectivity index (χ1) is 14.0. The van der Waals surface area contributed by atoms with Crippen LogP contribution in [0, 0.1) is 19.7 Å². The number of carbonyl (C=O) groups is 2. The molecule has 4 rings (SSSR count). The van der Waals surface area contributed by atoms with Crippen LogP contribution < -0.4 is 10.2 Å². The van der Waals surface area contributed by atoms with Crippen LogP contribution in [0.5, 0.6) is 0 Å². The van der Waals surface area contributed by atoms with Gasteiger partial charge in [0.15, 0.2) is 0 Å². The van der Waals surface area contributed by atoms with E-state index in [4.69, 9.17) is 0 Å². The molecule has 5 heteroatoms. The van der Waals surface area contributed by atoms with Crippen LogP contribution in [0.15, 0.2) is 78.5 Å². The number of rotatable bonds is 4. The first-order valence-electron chi connectivity index (χ1n) is 9.24. The Labute approximate surface area is 168 Å². The van der Waals surface area contributed by atoms with Crippen molar-refractivity contribution >= 4 is 28.8 Å². The van der Waals surface area contributed by atoms with E-state index in [1.54, 1.807) is 12.1 Å². The molecule has 0 aromatic heterocycles. The highest BCUT2D eigenvalue weighted by molar-refractivity contribution is 6.46. The molecule has 0 atom stereocenters. The zero-order valence-electron chi connectivity index (χ0n) is 16.1. The highest BCUT2D eigenvalue weighted by atomic mass is 19.1. The van der Waals surface area contributed by atoms with E-state index in [-0.39, 0.29) is 11.3 Å². The normalized spacial score (nSPS) is 14.0. The van der Waals surface area contributed by atoms with Gasteiger partial charge in [-0.3, -0.25) is 9.59 Å². The lowest BCUT2D eigenvalue weighted by atomic mass is 10.0. The van der Waals surface area contributed by atoms with E-state index in [2.05, 4.69) is 5.32 Å². The minimum Gasteiger partial charge on any atom is -0.350 e. The van der Waals surface area contributed by atoms with Gasteiger partial charge in [0, 0.05) is 5.69 Å². The summed E-state index contributed by atoms with van der Waals surface area (Å²) in [5.74, 6) is -1.35. The Hall–Kier alpha value is -3.73. The molecular formula is C24H19FN2O2. The molecule has 0 saturated heterocycles. The van der Waals surface area contributed by atoms with E-state index < -0.39 is 17.6 Å². The fourth-order valence-corrected chi connectivity index (χ4v) is 3.31. The predicted molar refractivity (Wildman–Crippen MR) is 112 cm³/mol. The van der Waals surface area contributed by atoms with Gasteiger partial charge in [0.05, 0.1) is 11.3 Å². The summed E-state index contributed by atoms with van der Waals surface area (Å²) in [4.78, 5) is 27.5. The molecule has 3 aromatic rings. The fraction of sp³-hybridized carbons (Fsp3) is 0.0833. The standard InChI is InChI=1S/C24H19FN2O2/c1-15-8-11-19(14-16(15)2)26-22-21(17-6-4-3-5-7-17)23(28)27(24(22)29)20-12-9-18(25)10-13-20/h3-14,26H,1-2H3. The Balaban J connectivity index is 1.81. The highest BCUT2D eigenvalue weighted by Gasteiger charge is 2.40. The maximum Gasteiger partial charge on any atom is 0.282 e. The van der Waals surface area contributed by atoms with E-state index in [0.29, 0.717) is 11.3 Å². The number of halogens is 1. The van der Waals surface area contributed by atoms with Crippen molar-refractivity contribution in [2.45, 2.75) is 13.8 Å². The molecular weight excluding hydrogens is 367 g/mol. The third-order valence-electron chi connectivity index (χ3n) is 5.01. The quantitative estimate of drug-likeness (QED) is 0.653. The maximum absolute atomic E-state index is 13.3. The van der Waals surface area contributed by atoms with Crippen molar-refractivity contribution in [3.63, 3.8) is 0 Å². The third-order valence-corrected chi connectivity index (χ3v) is 5.01. The average Bonchev–Trinajstić information content (AvgIpc) is 2.96. The Morgan fingerprint density at radius 1 is 0.793 bits per heavy atom. The minimum absolute atomic E-state index is 0.203. The van der Waals surface area contributed by atoms with Crippen LogP contribution in [-0.2, 0) is 9.59 Å². The van der Waals surface area contributed by atoms with Crippen LogP contribution in [0.4, 0.5) is 15.8 Å². The Morgan fingerprint density at radius 2 is 1.48 bits per heavy atom. The van der Waals surface area contributed by atoms with Crippen molar-refractivity contribution in [3.05, 3.63) is 101 Å². The van der Waals surface area contributed by atoms with Crippen molar-refractivity contribution in [1.29, 1.82) is 0 Å². The molecule has 144 valence electrons. The van der Waals surface area contributed by atoms with Crippen LogP contribution in [0.3, 0.4) is 0 Å². The summed E-state index contributed by atoms with van der Waals surface area (Å²) in [5.41, 5.74) is 4.39. The van der Waals surface area contributed by atoms with Crippen molar-refractivity contribution in [2.75, 3.05) is 10.2 Å². The number of anilines is 2. The summed E-state index contributed by atoms with van der Waals surface area (Å²) in [6.45, 7) is 3.99. The zero-order valence-corrected chi connectivity index (χ0v) is 16.1. The van der Waals surface area contributed by atoms with Gasteiger partial charge in [-0.05, 0) is 66.9 Å². The van der Waals surface area contributed by atoms with Crippen LogP contribution >= 0.6 is 0 Å². The van der Waals surface area contributed by atoms with Gasteiger partial charge in [0.2, 0.25) is 0 Å². The second kappa shape index (κ2) is 7.36. The zero-order chi connectivity index (χ0) is 20.5. The molecule has 0 saturated carbocycles. The lowest BCUT2D eigenvalue weighted by molar-refractivity contribution is -0.120. The van der Waals surface area contributed by atoms with Crippen LogP contribution in [0.2, 0.25) is 0 Å². The molecule has 3 aromatic carbocycles. The molecule has 2 amide bonds. The first-order valence-corrected chi connectivity index (χ1v) is 9.24. The molecule has 4 nitrogen and oxygen atoms in total. The van der Waals surface area contributed by atoms with Gasteiger partial charge in [-0.2, -0.15) is 0 Å². The smallest absolute Gasteiger partial charge is 0.282 e. The maximum atomic E-state index is 13.3. The number of imide groups is 1. The number of aryl methyl sites for hydroxylation is 2. The second-order valence-corrected chi connectivity index (χ2v) is 6.96. The van der Waals surface area contributed by atoms with E-state index in [1.807, 2.05) is 50.2 Å². The molecule has 1 N–H and O–H groups in total. The van der Waals surface area contributed by atoms with Gasteiger partial charge in [0.1, 0.15) is 11.5 Å². The van der Waals surface area contributed by atoms with E-state index in [9.17, 15) is 14.0 Å². The van der Waals surface area contributed by atoms with Crippen molar-refractivity contribution in [2.24, 2.45) is 0 Å². The average molecular weight is 386 g/mol. The summed E-state index contributed by atoms with van der Waals surface area (Å²) in [6.07, 6.45) is 0. The van der Waals surface area contributed by atoms with Gasteiger partial charge in [-0.1, -0.05) is 36.4 Å². The predicted octanol–water partition coefficient (Wildman–Crippen LogP) is 4.84. The molecule has 1 aliphatic heterocycles. The summed E-state index contributed by atoms with van der Waals surface area (Å²) in [6, 6.07) is 20.1. The number of benzene rings is 3. The molecule has 0 spiro atoms. The molecule has 1 aliphatic rings. The van der Waals surface area contributed by atoms with Gasteiger partial charge < -0.3 is 5.32 Å². The molecule has 0 aliphatic carbocycles. The fourth-order valence-electron chi connectivity index (χ4n) is 3.31. The van der Waals surface area contributed by atoms with Crippen LogP contribution in [-0.4, -0.2) is 11.8 Å². The molecule has 0 bridgehead atoms. The molecule has 0 fully saturated rings. The van der Waals surface area contributed by atoms with Crippen molar-refractivity contribution in [3.8, 4) is 0 Å². The number of carbonyl (C=O) groups excluding carboxylic acids is 2. The number of hydrogen-bond donors (Lipinski definition) is 1. The first kappa shape index (κ1) is 18.6. The lowest BCUT2D eigenvalue weighted by Crippen LogP contribution is -2.32. The largest absolute Gasteiger partial charge is 0.350 e. The van der Waals surface area contributed by atoms with Crippen molar-refractivity contribution < 1.29 is 14.0 Å². The molecule has 0 radical (unpaired) electrons. The second-order valence-electron chi connectivity index (χ2n) is 6.96. The van der Waals surface area contributed by atoms with Crippen LogP contribution in [0.1, 0.15) is 16.7 Å². The van der Waals surface area contributed by atoms with Gasteiger partial charge in [0.25, 0.3) is 11.8 Å². The lowest BCUT2D eigenvalue weighted by Gasteiger charge is -2.15. The summed E-state index contributed by atoms with van der Waals surface area (Å²) in [5, 5.41) is 3.14. The number of amides is 2. The highest BCUT2D eigenvalue weighted by Crippen LogP contribution is 2.34. The van der Waals surface area contributed by atoms with Gasteiger partial charge >= 0.3 is 0 Å². The third kappa shape index (κ3) is 3.43. The monoisotopic (exact) mass is 386 g/mol. The Morgan fingerprint density at radius 3 is 2.14 bits per heavy atom. The summed E-state index contributed by atoms with van der Waals surface area (Å²) < 4.78 is 13.3. The van der Waals surface area contributed by atoms with E-state index in [0.717, 1.165) is 21.7 Å². The van der Waals surface area contributed by atoms with Crippen molar-refractivity contribution in [1.82, 2.24) is 0 Å². The molecule has 1 heterocycles. The van der Waals surface area contributed by atoms with Crippen LogP contribution in [0.25, 0.3) is 5.57 Å². The topological polar surface area (TPSA) is 49.4 Å². The SMILES string of the molecule is Cc1ccc(NC2=C(c3ccccc3)C(=O)N(c3ccc(F)cc3)C2=O)cc1C. The Bertz CT molecular complexity index is 1140. The number of nitrogens with one attached hydrogen (secondary N) is 1. The van der Waals surface area contributed by atoms with E-state index in [1.165, 1.54) is 24.3 Å². The number of hydrogen-bond acceptors (Lipinski definition) is 3. The summed E-state index contributed by atoms with van der Waals surface area (Å²) in [7, 11) is 0. The summed E-state index contributed by atoms with van der Waals surface area (Å²) >= 11 is 0.